The minimum Gasteiger partial charge on any atom is -0.508 e. The molecule has 1 heterocycles. The molecule has 1 aromatic heterocycles. The highest BCUT2D eigenvalue weighted by atomic mass is 16.5. The lowest BCUT2D eigenvalue weighted by molar-refractivity contribution is 0.0600. The fourth-order valence-corrected chi connectivity index (χ4v) is 2.40. The summed E-state index contributed by atoms with van der Waals surface area (Å²) >= 11 is 0. The first-order valence-corrected chi connectivity index (χ1v) is 6.95. The maximum absolute atomic E-state index is 12.3. The van der Waals surface area contributed by atoms with Gasteiger partial charge in [0.15, 0.2) is 5.43 Å². The number of carbonyl (C=O) groups is 1. The van der Waals surface area contributed by atoms with Crippen molar-refractivity contribution in [3.63, 3.8) is 0 Å². The zero-order valence-corrected chi connectivity index (χ0v) is 12.6. The Morgan fingerprint density at radius 3 is 2.65 bits per heavy atom. The summed E-state index contributed by atoms with van der Waals surface area (Å²) < 4.78 is 10.4. The molecule has 5 heteroatoms. The van der Waals surface area contributed by atoms with Crippen LogP contribution in [0.5, 0.6) is 5.75 Å². The number of carbonyl (C=O) groups excluding carboxylic acids is 1. The van der Waals surface area contributed by atoms with Crippen LogP contribution >= 0.6 is 0 Å². The SMILES string of the molecule is COC(=O)c1cc(O)cc(-c2cc(=O)c3cc(C)ccc3o2)c1. The Labute approximate surface area is 131 Å². The molecule has 0 saturated heterocycles. The fraction of sp³-hybridized carbons (Fsp3) is 0.111. The van der Waals surface area contributed by atoms with Gasteiger partial charge in [0.05, 0.1) is 18.1 Å². The molecule has 23 heavy (non-hydrogen) atoms. The Kier molecular flexibility index (Phi) is 3.62. The van der Waals surface area contributed by atoms with Gasteiger partial charge in [0, 0.05) is 11.6 Å². The maximum Gasteiger partial charge on any atom is 0.338 e. The first-order chi connectivity index (χ1) is 11.0. The quantitative estimate of drug-likeness (QED) is 0.735. The zero-order chi connectivity index (χ0) is 16.6. The van der Waals surface area contributed by atoms with Crippen LogP contribution < -0.4 is 5.43 Å². The third kappa shape index (κ3) is 2.81. The van der Waals surface area contributed by atoms with Crippen LogP contribution in [-0.2, 0) is 4.74 Å². The molecular weight excluding hydrogens is 296 g/mol. The van der Waals surface area contributed by atoms with Crippen molar-refractivity contribution in [3.8, 4) is 17.1 Å². The summed E-state index contributed by atoms with van der Waals surface area (Å²) in [6.07, 6.45) is 0. The highest BCUT2D eigenvalue weighted by Gasteiger charge is 2.13. The zero-order valence-electron chi connectivity index (χ0n) is 12.6. The van der Waals surface area contributed by atoms with Gasteiger partial charge in [-0.15, -0.1) is 0 Å². The topological polar surface area (TPSA) is 76.7 Å². The Bertz CT molecular complexity index is 969. The lowest BCUT2D eigenvalue weighted by atomic mass is 10.1. The highest BCUT2D eigenvalue weighted by Crippen LogP contribution is 2.27. The number of phenols is 1. The monoisotopic (exact) mass is 310 g/mol. The van der Waals surface area contributed by atoms with Gasteiger partial charge >= 0.3 is 5.97 Å². The number of methoxy groups -OCH3 is 1. The lowest BCUT2D eigenvalue weighted by Gasteiger charge is -2.07. The van der Waals surface area contributed by atoms with Crippen LogP contribution in [0.3, 0.4) is 0 Å². The summed E-state index contributed by atoms with van der Waals surface area (Å²) in [5, 5.41) is 10.3. The number of ether oxygens (including phenoxy) is 1. The van der Waals surface area contributed by atoms with E-state index in [2.05, 4.69) is 4.74 Å². The number of hydrogen-bond donors (Lipinski definition) is 1. The standard InChI is InChI=1S/C18H14O5/c1-10-3-4-16-14(5-10)15(20)9-17(23-16)11-6-12(18(21)22-2)8-13(19)7-11/h3-9,19H,1-2H3. The van der Waals surface area contributed by atoms with Gasteiger partial charge in [0.25, 0.3) is 0 Å². The lowest BCUT2D eigenvalue weighted by Crippen LogP contribution is -2.03. The normalized spacial score (nSPS) is 10.7. The molecule has 0 aliphatic heterocycles. The van der Waals surface area contributed by atoms with Crippen molar-refractivity contribution in [2.45, 2.75) is 6.92 Å². The Morgan fingerprint density at radius 2 is 1.91 bits per heavy atom. The number of esters is 1. The molecule has 3 aromatic rings. The summed E-state index contributed by atoms with van der Waals surface area (Å²) in [5.74, 6) is -0.428. The molecule has 0 fully saturated rings. The molecule has 116 valence electrons. The molecule has 1 N–H and O–H groups in total. The second-order valence-corrected chi connectivity index (χ2v) is 5.23. The summed E-state index contributed by atoms with van der Waals surface area (Å²) in [6.45, 7) is 1.89. The number of rotatable bonds is 2. The fourth-order valence-electron chi connectivity index (χ4n) is 2.40. The predicted octanol–water partition coefficient (Wildman–Crippen LogP) is 3.26. The van der Waals surface area contributed by atoms with Gasteiger partial charge in [-0.05, 0) is 37.3 Å². The Balaban J connectivity index is 2.21. The maximum atomic E-state index is 12.3. The molecular formula is C18H14O5. The second-order valence-electron chi connectivity index (χ2n) is 5.23. The van der Waals surface area contributed by atoms with Crippen LogP contribution in [0.15, 0.2) is 51.7 Å². The second kappa shape index (κ2) is 5.61. The molecule has 3 rings (SSSR count). The summed E-state index contributed by atoms with van der Waals surface area (Å²) in [5.41, 5.74) is 1.82. The predicted molar refractivity (Wildman–Crippen MR) is 85.7 cm³/mol. The molecule has 0 unspecified atom stereocenters. The van der Waals surface area contributed by atoms with E-state index in [9.17, 15) is 14.7 Å². The first-order valence-electron chi connectivity index (χ1n) is 6.95. The van der Waals surface area contributed by atoms with E-state index in [1.807, 2.05) is 13.0 Å². The molecule has 0 saturated carbocycles. The summed E-state index contributed by atoms with van der Waals surface area (Å²) in [4.78, 5) is 23.9. The van der Waals surface area contributed by atoms with Crippen LogP contribution in [0, 0.1) is 6.92 Å². The van der Waals surface area contributed by atoms with Gasteiger partial charge in [0.2, 0.25) is 0 Å². The largest absolute Gasteiger partial charge is 0.508 e. The average molecular weight is 310 g/mol. The number of benzene rings is 2. The molecule has 0 aliphatic carbocycles. The van der Waals surface area contributed by atoms with Crippen molar-refractivity contribution < 1.29 is 19.1 Å². The molecule has 0 radical (unpaired) electrons. The number of aromatic hydroxyl groups is 1. The van der Waals surface area contributed by atoms with Gasteiger partial charge in [-0.3, -0.25) is 4.79 Å². The molecule has 2 aromatic carbocycles. The van der Waals surface area contributed by atoms with Crippen LogP contribution in [-0.4, -0.2) is 18.2 Å². The highest BCUT2D eigenvalue weighted by molar-refractivity contribution is 5.91. The van der Waals surface area contributed by atoms with Crippen LogP contribution in [0.1, 0.15) is 15.9 Å². The van der Waals surface area contributed by atoms with E-state index in [-0.39, 0.29) is 22.5 Å². The Hall–Kier alpha value is -3.08. The molecule has 0 amide bonds. The minimum atomic E-state index is -0.582. The number of fused-ring (bicyclic) bond motifs is 1. The third-order valence-electron chi connectivity index (χ3n) is 3.51. The molecule has 0 bridgehead atoms. The van der Waals surface area contributed by atoms with Gasteiger partial charge in [-0.2, -0.15) is 0 Å². The van der Waals surface area contributed by atoms with Gasteiger partial charge in [-0.1, -0.05) is 11.6 Å². The number of hydrogen-bond acceptors (Lipinski definition) is 5. The van der Waals surface area contributed by atoms with Gasteiger partial charge in [-0.25, -0.2) is 4.79 Å². The first kappa shape index (κ1) is 14.8. The molecule has 0 aliphatic rings. The van der Waals surface area contributed by atoms with Crippen molar-refractivity contribution in [1.29, 1.82) is 0 Å². The van der Waals surface area contributed by atoms with Crippen molar-refractivity contribution in [2.24, 2.45) is 0 Å². The van der Waals surface area contributed by atoms with E-state index >= 15 is 0 Å². The smallest absolute Gasteiger partial charge is 0.338 e. The van der Waals surface area contributed by atoms with E-state index in [1.165, 1.54) is 31.4 Å². The van der Waals surface area contributed by atoms with Crippen LogP contribution in [0.2, 0.25) is 0 Å². The average Bonchev–Trinajstić information content (AvgIpc) is 2.54. The number of phenolic OH excluding ortho intramolecular Hbond substituents is 1. The number of aryl methyl sites for hydroxylation is 1. The van der Waals surface area contributed by atoms with E-state index in [1.54, 1.807) is 12.1 Å². The van der Waals surface area contributed by atoms with Crippen molar-refractivity contribution in [1.82, 2.24) is 0 Å². The van der Waals surface area contributed by atoms with Gasteiger partial charge < -0.3 is 14.3 Å². The molecule has 0 spiro atoms. The van der Waals surface area contributed by atoms with Crippen LogP contribution in [0.4, 0.5) is 0 Å². The van der Waals surface area contributed by atoms with E-state index in [0.717, 1.165) is 5.56 Å². The van der Waals surface area contributed by atoms with E-state index < -0.39 is 5.97 Å². The van der Waals surface area contributed by atoms with E-state index in [0.29, 0.717) is 16.5 Å². The minimum absolute atomic E-state index is 0.116. The van der Waals surface area contributed by atoms with Crippen molar-refractivity contribution in [3.05, 3.63) is 63.8 Å². The molecule has 0 atom stereocenters. The third-order valence-corrected chi connectivity index (χ3v) is 3.51. The summed E-state index contributed by atoms with van der Waals surface area (Å²) in [6, 6.07) is 10.9. The molecule has 5 nitrogen and oxygen atoms in total. The Morgan fingerprint density at radius 1 is 1.13 bits per heavy atom. The van der Waals surface area contributed by atoms with Crippen molar-refractivity contribution >= 4 is 16.9 Å². The summed E-state index contributed by atoms with van der Waals surface area (Å²) in [7, 11) is 1.25. The van der Waals surface area contributed by atoms with E-state index in [4.69, 9.17) is 4.42 Å². The van der Waals surface area contributed by atoms with Crippen LogP contribution in [0.25, 0.3) is 22.3 Å². The van der Waals surface area contributed by atoms with Gasteiger partial charge in [0.1, 0.15) is 17.1 Å². The van der Waals surface area contributed by atoms with Crippen molar-refractivity contribution in [2.75, 3.05) is 7.11 Å².